The van der Waals surface area contributed by atoms with E-state index in [1.165, 1.54) is 0 Å². The van der Waals surface area contributed by atoms with Gasteiger partial charge in [0.1, 0.15) is 11.6 Å². The van der Waals surface area contributed by atoms with E-state index in [9.17, 15) is 29.1 Å². The summed E-state index contributed by atoms with van der Waals surface area (Å²) in [7, 11) is 0. The maximum absolute atomic E-state index is 13.9. The number of carboxylic acids is 1. The summed E-state index contributed by atoms with van der Waals surface area (Å²) in [6, 6.07) is 17.1. The van der Waals surface area contributed by atoms with Gasteiger partial charge in [-0.2, -0.15) is 0 Å². The standard InChI is InChI=1S/C38H55N3O7/c1-25(2)22-30(35(44)40-31(36(45)46)20-14-15-21-39-37(47)48-38(5,6)7)24-33(42)32(23-28-16-10-8-11-17-28)41-34(43)27(4)26(3)29-18-12-9-13-19-29/h8-13,16-19,25-27,30-32H,14-15,20-24H2,1-7H3,(H,39,47)(H,40,44)(H,41,43)(H,45,46)/t26-,27+,30-,31+,32+/m0/s1. The molecular weight excluding hydrogens is 610 g/mol. The Morgan fingerprint density at radius 3 is 1.94 bits per heavy atom. The molecule has 0 aliphatic carbocycles. The van der Waals surface area contributed by atoms with Crippen LogP contribution in [0.5, 0.6) is 0 Å². The Hall–Kier alpha value is -4.21. The number of unbranched alkanes of at least 4 members (excludes halogenated alkanes) is 1. The van der Waals surface area contributed by atoms with Crippen LogP contribution in [0.2, 0.25) is 0 Å². The van der Waals surface area contributed by atoms with E-state index in [0.29, 0.717) is 25.8 Å². The number of aliphatic carboxylic acids is 1. The van der Waals surface area contributed by atoms with E-state index in [1.807, 2.05) is 88.4 Å². The van der Waals surface area contributed by atoms with Gasteiger partial charge in [0.25, 0.3) is 0 Å². The van der Waals surface area contributed by atoms with E-state index >= 15 is 0 Å². The monoisotopic (exact) mass is 665 g/mol. The normalized spacial score (nSPS) is 14.6. The lowest BCUT2D eigenvalue weighted by Gasteiger charge is -2.26. The predicted molar refractivity (Wildman–Crippen MR) is 186 cm³/mol. The molecule has 0 unspecified atom stereocenters. The quantitative estimate of drug-likeness (QED) is 0.134. The number of benzene rings is 2. The van der Waals surface area contributed by atoms with Gasteiger partial charge < -0.3 is 25.8 Å². The van der Waals surface area contributed by atoms with Crippen molar-refractivity contribution in [2.24, 2.45) is 17.8 Å². The van der Waals surface area contributed by atoms with E-state index in [-0.39, 0.29) is 42.8 Å². The van der Waals surface area contributed by atoms with Crippen LogP contribution in [-0.2, 0) is 30.3 Å². The third-order valence-electron chi connectivity index (χ3n) is 8.25. The van der Waals surface area contributed by atoms with Gasteiger partial charge in [-0.3, -0.25) is 14.4 Å². The first-order valence-corrected chi connectivity index (χ1v) is 17.0. The first-order chi connectivity index (χ1) is 22.6. The molecule has 48 heavy (non-hydrogen) atoms. The number of carboxylic acid groups (broad SMARTS) is 1. The van der Waals surface area contributed by atoms with Crippen molar-refractivity contribution in [2.75, 3.05) is 6.54 Å². The Kier molecular flexibility index (Phi) is 16.3. The van der Waals surface area contributed by atoms with Crippen molar-refractivity contribution in [2.45, 2.75) is 111 Å². The highest BCUT2D eigenvalue weighted by Gasteiger charge is 2.32. The number of alkyl carbamates (subject to hydrolysis) is 1. The molecule has 10 nitrogen and oxygen atoms in total. The number of rotatable bonds is 19. The molecule has 0 saturated heterocycles. The molecule has 0 fully saturated rings. The van der Waals surface area contributed by atoms with Crippen LogP contribution in [0, 0.1) is 17.8 Å². The van der Waals surface area contributed by atoms with Crippen molar-refractivity contribution in [3.8, 4) is 0 Å². The van der Waals surface area contributed by atoms with Gasteiger partial charge in [-0.05, 0) is 75.8 Å². The number of Topliss-reactive ketones (excluding diaryl/α,β-unsaturated/α-hetero) is 1. The maximum Gasteiger partial charge on any atom is 0.407 e. The second-order valence-corrected chi connectivity index (χ2v) is 14.1. The number of nitrogens with one attached hydrogen (secondary N) is 3. The van der Waals surface area contributed by atoms with Crippen LogP contribution in [0.3, 0.4) is 0 Å². The molecule has 2 aromatic carbocycles. The van der Waals surface area contributed by atoms with E-state index < -0.39 is 47.5 Å². The zero-order valence-electron chi connectivity index (χ0n) is 29.6. The average molecular weight is 666 g/mol. The molecule has 0 radical (unpaired) electrons. The van der Waals surface area contributed by atoms with Crippen molar-refractivity contribution in [3.05, 3.63) is 71.8 Å². The zero-order chi connectivity index (χ0) is 35.9. The fourth-order valence-electron chi connectivity index (χ4n) is 5.43. The SMILES string of the molecule is CC(C)C[C@@H](CC(=O)[C@@H](Cc1ccccc1)NC(=O)[C@H](C)[C@H](C)c1ccccc1)C(=O)N[C@H](CCCCNC(=O)OC(C)(C)C)C(=O)O. The number of hydrogen-bond acceptors (Lipinski definition) is 6. The third-order valence-corrected chi connectivity index (χ3v) is 8.25. The summed E-state index contributed by atoms with van der Waals surface area (Å²) in [5, 5.41) is 18.1. The number of carbonyl (C=O) groups excluding carboxylic acids is 4. The number of carbonyl (C=O) groups is 5. The highest BCUT2D eigenvalue weighted by Crippen LogP contribution is 2.25. The summed E-state index contributed by atoms with van der Waals surface area (Å²) in [5.74, 6) is -3.43. The van der Waals surface area contributed by atoms with E-state index in [0.717, 1.165) is 11.1 Å². The Labute approximate surface area is 285 Å². The van der Waals surface area contributed by atoms with Gasteiger partial charge in [0.2, 0.25) is 11.8 Å². The number of amides is 3. The van der Waals surface area contributed by atoms with Crippen LogP contribution >= 0.6 is 0 Å². The van der Waals surface area contributed by atoms with E-state index in [4.69, 9.17) is 4.74 Å². The lowest BCUT2D eigenvalue weighted by atomic mass is 9.86. The molecule has 5 atom stereocenters. The summed E-state index contributed by atoms with van der Waals surface area (Å²) in [6.45, 7) is 13.3. The molecule has 2 rings (SSSR count). The van der Waals surface area contributed by atoms with Gasteiger partial charge in [0, 0.05) is 24.8 Å². The molecule has 0 heterocycles. The average Bonchev–Trinajstić information content (AvgIpc) is 3.02. The minimum Gasteiger partial charge on any atom is -0.480 e. The molecule has 4 N–H and O–H groups in total. The summed E-state index contributed by atoms with van der Waals surface area (Å²) in [6.07, 6.45) is 1.04. The molecule has 0 bridgehead atoms. The van der Waals surface area contributed by atoms with Crippen molar-refractivity contribution in [3.63, 3.8) is 0 Å². The Morgan fingerprint density at radius 2 is 1.38 bits per heavy atom. The molecule has 0 aromatic heterocycles. The summed E-state index contributed by atoms with van der Waals surface area (Å²) in [4.78, 5) is 64.8. The molecular formula is C38H55N3O7. The molecule has 10 heteroatoms. The Balaban J connectivity index is 2.11. The van der Waals surface area contributed by atoms with Gasteiger partial charge in [0.15, 0.2) is 5.78 Å². The van der Waals surface area contributed by atoms with Crippen molar-refractivity contribution >= 4 is 29.7 Å². The molecule has 3 amide bonds. The summed E-state index contributed by atoms with van der Waals surface area (Å²) in [5.41, 5.74) is 1.27. The van der Waals surface area contributed by atoms with E-state index in [2.05, 4.69) is 16.0 Å². The molecule has 0 spiro atoms. The lowest BCUT2D eigenvalue weighted by molar-refractivity contribution is -0.143. The van der Waals surface area contributed by atoms with Crippen LogP contribution in [0.15, 0.2) is 60.7 Å². The molecule has 264 valence electrons. The smallest absolute Gasteiger partial charge is 0.407 e. The van der Waals surface area contributed by atoms with Crippen LogP contribution in [0.4, 0.5) is 4.79 Å². The second-order valence-electron chi connectivity index (χ2n) is 14.1. The van der Waals surface area contributed by atoms with Gasteiger partial charge in [-0.15, -0.1) is 0 Å². The fourth-order valence-corrected chi connectivity index (χ4v) is 5.43. The third kappa shape index (κ3) is 14.7. The predicted octanol–water partition coefficient (Wildman–Crippen LogP) is 6.04. The van der Waals surface area contributed by atoms with Gasteiger partial charge in [-0.1, -0.05) is 88.4 Å². The van der Waals surface area contributed by atoms with Gasteiger partial charge in [-0.25, -0.2) is 9.59 Å². The highest BCUT2D eigenvalue weighted by molar-refractivity contribution is 5.94. The lowest BCUT2D eigenvalue weighted by Crippen LogP contribution is -2.48. The molecule has 0 aliphatic rings. The second kappa shape index (κ2) is 19.6. The molecule has 0 saturated carbocycles. The van der Waals surface area contributed by atoms with Crippen molar-refractivity contribution in [1.29, 1.82) is 0 Å². The van der Waals surface area contributed by atoms with Crippen molar-refractivity contribution in [1.82, 2.24) is 16.0 Å². The topological polar surface area (TPSA) is 151 Å². The first kappa shape index (κ1) is 40.0. The van der Waals surface area contributed by atoms with Crippen molar-refractivity contribution < 1.29 is 33.8 Å². The summed E-state index contributed by atoms with van der Waals surface area (Å²) < 4.78 is 5.21. The molecule has 2 aromatic rings. The number of ether oxygens (including phenoxy) is 1. The van der Waals surface area contributed by atoms with Gasteiger partial charge in [0.05, 0.1) is 6.04 Å². The summed E-state index contributed by atoms with van der Waals surface area (Å²) >= 11 is 0. The maximum atomic E-state index is 13.9. The van der Waals surface area contributed by atoms with Crippen LogP contribution in [0.25, 0.3) is 0 Å². The first-order valence-electron chi connectivity index (χ1n) is 17.0. The number of ketones is 1. The zero-order valence-corrected chi connectivity index (χ0v) is 29.6. The van der Waals surface area contributed by atoms with Crippen LogP contribution in [0.1, 0.15) is 97.6 Å². The fraction of sp³-hybridized carbons (Fsp3) is 0.553. The van der Waals surface area contributed by atoms with E-state index in [1.54, 1.807) is 20.8 Å². The van der Waals surface area contributed by atoms with Crippen LogP contribution < -0.4 is 16.0 Å². The number of hydrogen-bond donors (Lipinski definition) is 4. The molecule has 0 aliphatic heterocycles. The minimum atomic E-state index is -1.17. The highest BCUT2D eigenvalue weighted by atomic mass is 16.6. The minimum absolute atomic E-state index is 0.0599. The Bertz CT molecular complexity index is 1320. The Morgan fingerprint density at radius 1 is 0.792 bits per heavy atom. The van der Waals surface area contributed by atoms with Gasteiger partial charge >= 0.3 is 12.1 Å². The van der Waals surface area contributed by atoms with Crippen LogP contribution in [-0.4, -0.2) is 59.0 Å². The largest absolute Gasteiger partial charge is 0.480 e.